The Kier molecular flexibility index (Phi) is 14.3. The predicted octanol–water partition coefficient (Wildman–Crippen LogP) is 6.88. The van der Waals surface area contributed by atoms with Crippen LogP contribution in [0.15, 0.2) is 79.0 Å². The number of sulfonamides is 1. The van der Waals surface area contributed by atoms with Gasteiger partial charge in [0.15, 0.2) is 11.5 Å². The van der Waals surface area contributed by atoms with Gasteiger partial charge in [-0.25, -0.2) is 13.2 Å². The smallest absolute Gasteiger partial charge is 0.323 e. The van der Waals surface area contributed by atoms with Gasteiger partial charge in [-0.2, -0.15) is 0 Å². The summed E-state index contributed by atoms with van der Waals surface area (Å²) < 4.78 is 50.0. The lowest BCUT2D eigenvalue weighted by atomic mass is 9.84. The number of nitrogens with one attached hydrogen (secondary N) is 3. The molecule has 0 atom stereocenters. The van der Waals surface area contributed by atoms with Crippen molar-refractivity contribution in [3.63, 3.8) is 0 Å². The van der Waals surface area contributed by atoms with E-state index in [4.69, 9.17) is 18.9 Å². The van der Waals surface area contributed by atoms with Crippen LogP contribution in [0.1, 0.15) is 60.8 Å². The monoisotopic (exact) mass is 844 g/mol. The van der Waals surface area contributed by atoms with Crippen LogP contribution in [-0.2, 0) is 21.9 Å². The van der Waals surface area contributed by atoms with E-state index < -0.39 is 41.3 Å². The lowest BCUT2D eigenvalue weighted by Crippen LogP contribution is -2.34. The average molecular weight is 845 g/mol. The molecule has 0 fully saturated rings. The number of ether oxygens (including phenoxy) is 4. The van der Waals surface area contributed by atoms with Crippen LogP contribution in [0, 0.1) is 5.41 Å². The number of pyridine rings is 1. The van der Waals surface area contributed by atoms with Crippen molar-refractivity contribution < 1.29 is 52.3 Å². The molecular weight excluding hydrogens is 793 g/mol. The van der Waals surface area contributed by atoms with Crippen LogP contribution >= 0.6 is 0 Å². The van der Waals surface area contributed by atoms with Crippen molar-refractivity contribution in [2.45, 2.75) is 45.4 Å². The first-order valence-electron chi connectivity index (χ1n) is 19.0. The number of nitrogens with zero attached hydrogens (tertiary/aromatic N) is 1. The Balaban J connectivity index is 1.36. The van der Waals surface area contributed by atoms with Gasteiger partial charge in [0.25, 0.3) is 0 Å². The minimum Gasteiger partial charge on any atom is -0.496 e. The Morgan fingerprint density at radius 2 is 1.37 bits per heavy atom. The molecule has 0 unspecified atom stereocenters. The number of benzene rings is 4. The number of urea groups is 1. The standard InChI is InChI=1S/C44H52N4O11S/c1-43(2,3)28-21-34(41(58-6)35(22-28)48-60(7,54)55)47-42(53)46-33-12-13-37(32-11-9-8-10-31(32)33)59-30-15-17-45-29(23-30)18-27-19-38(56-4)40(39(20-27)57-5)36(52)14-16-44(24-49,25-50)26-51/h8-13,15,17,19-23,48-51H,14,16,18,24-26H2,1-7H3,(H2,46,47,53). The molecule has 0 spiro atoms. The van der Waals surface area contributed by atoms with E-state index in [0.29, 0.717) is 40.1 Å². The number of carbonyl (C=O) groups excluding carboxylic acids is 2. The maximum atomic E-state index is 13.5. The number of anilines is 3. The van der Waals surface area contributed by atoms with Crippen molar-refractivity contribution in [1.82, 2.24) is 4.98 Å². The number of methoxy groups -OCH3 is 3. The molecule has 15 nitrogen and oxygen atoms in total. The van der Waals surface area contributed by atoms with E-state index in [1.807, 2.05) is 45.0 Å². The highest BCUT2D eigenvalue weighted by Gasteiger charge is 2.30. The Labute approximate surface area is 349 Å². The molecule has 0 aliphatic carbocycles. The molecule has 1 aromatic heterocycles. The zero-order chi connectivity index (χ0) is 43.8. The van der Waals surface area contributed by atoms with Gasteiger partial charge in [0.1, 0.15) is 28.6 Å². The van der Waals surface area contributed by atoms with Gasteiger partial charge in [0, 0.05) is 47.0 Å². The molecule has 2 amide bonds. The quantitative estimate of drug-likeness (QED) is 0.0498. The third-order valence-corrected chi connectivity index (χ3v) is 10.6. The fourth-order valence-electron chi connectivity index (χ4n) is 6.58. The van der Waals surface area contributed by atoms with Crippen molar-refractivity contribution in [1.29, 1.82) is 0 Å². The molecule has 5 aromatic rings. The largest absolute Gasteiger partial charge is 0.496 e. The summed E-state index contributed by atoms with van der Waals surface area (Å²) in [6.45, 7) is 4.48. The van der Waals surface area contributed by atoms with Crippen molar-refractivity contribution in [2.75, 3.05) is 62.8 Å². The Hall–Kier alpha value is -5.94. The molecule has 0 saturated heterocycles. The van der Waals surface area contributed by atoms with Crippen molar-refractivity contribution in [3.8, 4) is 28.7 Å². The molecule has 5 rings (SSSR count). The zero-order valence-electron chi connectivity index (χ0n) is 34.7. The number of hydrogen-bond acceptors (Lipinski definition) is 12. The number of amides is 2. The molecular formula is C44H52N4O11S. The number of rotatable bonds is 18. The predicted molar refractivity (Wildman–Crippen MR) is 231 cm³/mol. The molecule has 320 valence electrons. The van der Waals surface area contributed by atoms with E-state index in [9.17, 15) is 33.3 Å². The molecule has 4 aromatic carbocycles. The van der Waals surface area contributed by atoms with Crippen LogP contribution in [-0.4, -0.2) is 87.9 Å². The topological polar surface area (TPSA) is 215 Å². The second-order valence-electron chi connectivity index (χ2n) is 15.5. The van der Waals surface area contributed by atoms with E-state index in [-0.39, 0.29) is 58.2 Å². The summed E-state index contributed by atoms with van der Waals surface area (Å²) >= 11 is 0. The van der Waals surface area contributed by atoms with Gasteiger partial charge >= 0.3 is 6.03 Å². The SMILES string of the molecule is COc1cc(Cc2cc(Oc3ccc(NC(=O)Nc4cc(C(C)(C)C)cc(NS(C)(=O)=O)c4OC)c4ccccc34)ccn2)cc(OC)c1C(=O)CCC(CO)(CO)CO. The Morgan fingerprint density at radius 3 is 1.95 bits per heavy atom. The fourth-order valence-corrected chi connectivity index (χ4v) is 7.13. The van der Waals surface area contributed by atoms with Gasteiger partial charge < -0.3 is 44.9 Å². The molecule has 0 bridgehead atoms. The zero-order valence-corrected chi connectivity index (χ0v) is 35.5. The summed E-state index contributed by atoms with van der Waals surface area (Å²) in [5.74, 6) is 1.40. The van der Waals surface area contributed by atoms with Gasteiger partial charge in [-0.3, -0.25) is 14.5 Å². The van der Waals surface area contributed by atoms with E-state index >= 15 is 0 Å². The molecule has 0 aliphatic rings. The number of aliphatic hydroxyl groups excluding tert-OH is 3. The van der Waals surface area contributed by atoms with E-state index in [1.165, 1.54) is 21.3 Å². The molecule has 1 heterocycles. The van der Waals surface area contributed by atoms with Crippen LogP contribution in [0.5, 0.6) is 28.7 Å². The minimum absolute atomic E-state index is 0.0572. The lowest BCUT2D eigenvalue weighted by molar-refractivity contribution is -0.00100. The van der Waals surface area contributed by atoms with Crippen molar-refractivity contribution >= 4 is 49.7 Å². The summed E-state index contributed by atoms with van der Waals surface area (Å²) in [5.41, 5.74) is 1.75. The third kappa shape index (κ3) is 10.8. The van der Waals surface area contributed by atoms with Crippen LogP contribution < -0.4 is 34.3 Å². The third-order valence-electron chi connectivity index (χ3n) is 9.97. The molecule has 0 aliphatic heterocycles. The van der Waals surface area contributed by atoms with Gasteiger partial charge in [0.2, 0.25) is 10.0 Å². The number of hydrogen-bond donors (Lipinski definition) is 6. The molecule has 0 saturated carbocycles. The highest BCUT2D eigenvalue weighted by atomic mass is 32.2. The summed E-state index contributed by atoms with van der Waals surface area (Å²) in [7, 11) is 0.619. The first-order valence-corrected chi connectivity index (χ1v) is 20.9. The Bertz CT molecular complexity index is 2430. The number of ketones is 1. The van der Waals surface area contributed by atoms with Gasteiger partial charge in [-0.1, -0.05) is 45.0 Å². The number of Topliss-reactive ketones (excluding diaryl/α,β-unsaturated/α-hetero) is 1. The minimum atomic E-state index is -3.66. The Morgan fingerprint density at radius 1 is 0.750 bits per heavy atom. The normalized spacial score (nSPS) is 11.8. The maximum absolute atomic E-state index is 13.5. The van der Waals surface area contributed by atoms with Crippen molar-refractivity contribution in [2.24, 2.45) is 5.41 Å². The molecule has 60 heavy (non-hydrogen) atoms. The van der Waals surface area contributed by atoms with Crippen LogP contribution in [0.2, 0.25) is 0 Å². The first kappa shape index (κ1) is 45.1. The van der Waals surface area contributed by atoms with Gasteiger partial charge in [-0.05, 0) is 65.4 Å². The molecule has 0 radical (unpaired) electrons. The van der Waals surface area contributed by atoms with Crippen LogP contribution in [0.4, 0.5) is 21.9 Å². The number of carbonyl (C=O) groups is 2. The highest BCUT2D eigenvalue weighted by Crippen LogP contribution is 2.40. The molecule has 6 N–H and O–H groups in total. The summed E-state index contributed by atoms with van der Waals surface area (Å²) in [6, 6.07) is 20.7. The van der Waals surface area contributed by atoms with Gasteiger partial charge in [0.05, 0.1) is 64.5 Å². The summed E-state index contributed by atoms with van der Waals surface area (Å²) in [6.07, 6.45) is 2.98. The fraction of sp³-hybridized carbons (Fsp3) is 0.341. The number of aliphatic hydroxyl groups is 3. The summed E-state index contributed by atoms with van der Waals surface area (Å²) in [4.78, 5) is 31.4. The first-order chi connectivity index (χ1) is 28.5. The van der Waals surface area contributed by atoms with Gasteiger partial charge in [-0.15, -0.1) is 0 Å². The highest BCUT2D eigenvalue weighted by molar-refractivity contribution is 7.92. The van der Waals surface area contributed by atoms with Crippen molar-refractivity contribution in [3.05, 3.63) is 101 Å². The van der Waals surface area contributed by atoms with E-state index in [2.05, 4.69) is 20.3 Å². The average Bonchev–Trinajstić information content (AvgIpc) is 3.21. The molecule has 16 heteroatoms. The lowest BCUT2D eigenvalue weighted by Gasteiger charge is -2.27. The number of fused-ring (bicyclic) bond motifs is 1. The van der Waals surface area contributed by atoms with E-state index in [1.54, 1.807) is 54.7 Å². The summed E-state index contributed by atoms with van der Waals surface area (Å²) in [5, 5.41) is 36.3. The van der Waals surface area contributed by atoms with Crippen LogP contribution in [0.3, 0.4) is 0 Å². The van der Waals surface area contributed by atoms with E-state index in [0.717, 1.165) is 17.4 Å². The number of aromatic nitrogens is 1. The maximum Gasteiger partial charge on any atom is 0.323 e. The van der Waals surface area contributed by atoms with Crippen LogP contribution in [0.25, 0.3) is 10.8 Å². The second kappa shape index (κ2) is 19.0. The second-order valence-corrected chi connectivity index (χ2v) is 17.2.